The first kappa shape index (κ1) is 17.0. The number of carbonyl (C=O) groups is 1. The molecule has 0 bridgehead atoms. The third-order valence-electron chi connectivity index (χ3n) is 4.38. The molecule has 0 radical (unpaired) electrons. The van der Waals surface area contributed by atoms with Gasteiger partial charge in [0.1, 0.15) is 0 Å². The highest BCUT2D eigenvalue weighted by atomic mass is 16.2. The molecule has 1 aromatic carbocycles. The van der Waals surface area contributed by atoms with Crippen molar-refractivity contribution in [3.63, 3.8) is 0 Å². The van der Waals surface area contributed by atoms with E-state index in [9.17, 15) is 4.79 Å². The van der Waals surface area contributed by atoms with Crippen LogP contribution in [0.5, 0.6) is 0 Å². The molecule has 0 aromatic heterocycles. The van der Waals surface area contributed by atoms with Gasteiger partial charge in [0.2, 0.25) is 5.91 Å². The minimum Gasteiger partial charge on any atom is -0.341 e. The van der Waals surface area contributed by atoms with Gasteiger partial charge in [-0.2, -0.15) is 0 Å². The fourth-order valence-electron chi connectivity index (χ4n) is 3.31. The predicted octanol–water partition coefficient (Wildman–Crippen LogP) is 1.62. The van der Waals surface area contributed by atoms with Crippen LogP contribution in [-0.4, -0.2) is 62.5 Å². The van der Waals surface area contributed by atoms with E-state index >= 15 is 0 Å². The number of likely N-dealkylation sites (N-methyl/N-ethyl adjacent to an activating group) is 1. The molecule has 1 amide bonds. The van der Waals surface area contributed by atoms with E-state index in [-0.39, 0.29) is 11.9 Å². The SMILES string of the molecule is CNC(Cc1ccccc1)C(=O)N1CCCC(CN(C)C)C1. The number of benzene rings is 1. The van der Waals surface area contributed by atoms with E-state index in [0.29, 0.717) is 5.92 Å². The van der Waals surface area contributed by atoms with Crippen molar-refractivity contribution < 1.29 is 4.79 Å². The molecule has 1 aliphatic rings. The highest BCUT2D eigenvalue weighted by molar-refractivity contribution is 5.82. The Labute approximate surface area is 134 Å². The second kappa shape index (κ2) is 8.30. The van der Waals surface area contributed by atoms with Crippen LogP contribution < -0.4 is 5.32 Å². The Hall–Kier alpha value is -1.39. The minimum absolute atomic E-state index is 0.125. The van der Waals surface area contributed by atoms with Gasteiger partial charge in [-0.15, -0.1) is 0 Å². The molecule has 1 aliphatic heterocycles. The number of hydrogen-bond donors (Lipinski definition) is 1. The van der Waals surface area contributed by atoms with Gasteiger partial charge in [-0.1, -0.05) is 30.3 Å². The van der Waals surface area contributed by atoms with Gasteiger partial charge in [0, 0.05) is 19.6 Å². The van der Waals surface area contributed by atoms with Crippen molar-refractivity contribution in [3.05, 3.63) is 35.9 Å². The normalized spacial score (nSPS) is 20.2. The monoisotopic (exact) mass is 303 g/mol. The summed E-state index contributed by atoms with van der Waals surface area (Å²) in [7, 11) is 6.09. The fraction of sp³-hybridized carbons (Fsp3) is 0.611. The number of nitrogens with one attached hydrogen (secondary N) is 1. The zero-order valence-corrected chi connectivity index (χ0v) is 14.1. The Bertz CT molecular complexity index is 461. The number of nitrogens with zero attached hydrogens (tertiary/aromatic N) is 2. The van der Waals surface area contributed by atoms with Gasteiger partial charge < -0.3 is 15.1 Å². The highest BCUT2D eigenvalue weighted by Crippen LogP contribution is 2.18. The fourth-order valence-corrected chi connectivity index (χ4v) is 3.31. The summed E-state index contributed by atoms with van der Waals surface area (Å²) in [5.74, 6) is 0.844. The molecule has 0 spiro atoms. The molecule has 1 aromatic rings. The summed E-state index contributed by atoms with van der Waals surface area (Å²) < 4.78 is 0. The molecule has 4 heteroatoms. The maximum Gasteiger partial charge on any atom is 0.240 e. The standard InChI is InChI=1S/C18H29N3O/c1-19-17(12-15-8-5-4-6-9-15)18(22)21-11-7-10-16(14-21)13-20(2)3/h4-6,8-9,16-17,19H,7,10-14H2,1-3H3. The maximum atomic E-state index is 12.8. The number of likely N-dealkylation sites (tertiary alicyclic amines) is 1. The van der Waals surface area contributed by atoms with Crippen molar-refractivity contribution >= 4 is 5.91 Å². The second-order valence-corrected chi connectivity index (χ2v) is 6.59. The van der Waals surface area contributed by atoms with Gasteiger partial charge in [-0.05, 0) is 51.9 Å². The third kappa shape index (κ3) is 4.82. The molecule has 0 saturated carbocycles. The quantitative estimate of drug-likeness (QED) is 0.867. The van der Waals surface area contributed by atoms with E-state index in [1.807, 2.05) is 25.2 Å². The third-order valence-corrected chi connectivity index (χ3v) is 4.38. The highest BCUT2D eigenvalue weighted by Gasteiger charge is 2.28. The van der Waals surface area contributed by atoms with E-state index in [2.05, 4.69) is 41.3 Å². The Morgan fingerprint density at radius 3 is 2.73 bits per heavy atom. The molecule has 0 aliphatic carbocycles. The molecule has 122 valence electrons. The number of hydrogen-bond acceptors (Lipinski definition) is 3. The molecule has 1 saturated heterocycles. The van der Waals surface area contributed by atoms with Gasteiger partial charge in [0.25, 0.3) is 0 Å². The lowest BCUT2D eigenvalue weighted by molar-refractivity contribution is -0.135. The largest absolute Gasteiger partial charge is 0.341 e. The van der Waals surface area contributed by atoms with E-state index in [1.54, 1.807) is 0 Å². The molecule has 2 atom stereocenters. The first-order chi connectivity index (χ1) is 10.6. The van der Waals surface area contributed by atoms with Crippen LogP contribution in [0.1, 0.15) is 18.4 Å². The predicted molar refractivity (Wildman–Crippen MR) is 90.9 cm³/mol. The van der Waals surface area contributed by atoms with Crippen LogP contribution in [-0.2, 0) is 11.2 Å². The summed E-state index contributed by atoms with van der Waals surface area (Å²) in [5, 5.41) is 3.20. The molecular weight excluding hydrogens is 274 g/mol. The number of amides is 1. The average Bonchev–Trinajstić information content (AvgIpc) is 2.52. The molecular formula is C18H29N3O. The molecule has 1 N–H and O–H groups in total. The molecule has 1 fully saturated rings. The van der Waals surface area contributed by atoms with Crippen molar-refractivity contribution in [2.75, 3.05) is 40.8 Å². The molecule has 22 heavy (non-hydrogen) atoms. The van der Waals surface area contributed by atoms with E-state index in [4.69, 9.17) is 0 Å². The van der Waals surface area contributed by atoms with E-state index < -0.39 is 0 Å². The summed E-state index contributed by atoms with van der Waals surface area (Å²) in [6.07, 6.45) is 3.10. The van der Waals surface area contributed by atoms with Crippen LogP contribution in [0.3, 0.4) is 0 Å². The van der Waals surface area contributed by atoms with E-state index in [0.717, 1.165) is 32.5 Å². The summed E-state index contributed by atoms with van der Waals surface area (Å²) in [6.45, 7) is 2.85. The van der Waals surface area contributed by atoms with Crippen LogP contribution >= 0.6 is 0 Å². The summed E-state index contributed by atoms with van der Waals surface area (Å²) in [6, 6.07) is 10.1. The van der Waals surface area contributed by atoms with Gasteiger partial charge in [0.15, 0.2) is 0 Å². The minimum atomic E-state index is -0.125. The van der Waals surface area contributed by atoms with Crippen molar-refractivity contribution in [2.45, 2.75) is 25.3 Å². The molecule has 4 nitrogen and oxygen atoms in total. The van der Waals surface area contributed by atoms with Gasteiger partial charge in [-0.25, -0.2) is 0 Å². The zero-order valence-electron chi connectivity index (χ0n) is 14.1. The summed E-state index contributed by atoms with van der Waals surface area (Å²) in [5.41, 5.74) is 1.21. The van der Waals surface area contributed by atoms with Crippen LogP contribution in [0, 0.1) is 5.92 Å². The average molecular weight is 303 g/mol. The Balaban J connectivity index is 1.95. The number of rotatable bonds is 6. The summed E-state index contributed by atoms with van der Waals surface area (Å²) >= 11 is 0. The van der Waals surface area contributed by atoms with Crippen LogP contribution in [0.4, 0.5) is 0 Å². The van der Waals surface area contributed by atoms with Gasteiger partial charge >= 0.3 is 0 Å². The van der Waals surface area contributed by atoms with E-state index in [1.165, 1.54) is 12.0 Å². The number of piperidine rings is 1. The first-order valence-electron chi connectivity index (χ1n) is 8.25. The second-order valence-electron chi connectivity index (χ2n) is 6.59. The maximum absolute atomic E-state index is 12.8. The zero-order chi connectivity index (χ0) is 15.9. The summed E-state index contributed by atoms with van der Waals surface area (Å²) in [4.78, 5) is 17.1. The van der Waals surface area contributed by atoms with Crippen molar-refractivity contribution in [2.24, 2.45) is 5.92 Å². The molecule has 1 heterocycles. The first-order valence-corrected chi connectivity index (χ1v) is 8.25. The Kier molecular flexibility index (Phi) is 6.40. The molecule has 2 rings (SSSR count). The number of carbonyl (C=O) groups excluding carboxylic acids is 1. The van der Waals surface area contributed by atoms with Crippen LogP contribution in [0.15, 0.2) is 30.3 Å². The topological polar surface area (TPSA) is 35.6 Å². The van der Waals surface area contributed by atoms with Gasteiger partial charge in [-0.3, -0.25) is 4.79 Å². The smallest absolute Gasteiger partial charge is 0.240 e. The lowest BCUT2D eigenvalue weighted by atomic mass is 9.96. The lowest BCUT2D eigenvalue weighted by Crippen LogP contribution is -2.50. The van der Waals surface area contributed by atoms with Crippen molar-refractivity contribution in [1.29, 1.82) is 0 Å². The van der Waals surface area contributed by atoms with Crippen molar-refractivity contribution in [3.8, 4) is 0 Å². The Morgan fingerprint density at radius 2 is 2.09 bits per heavy atom. The van der Waals surface area contributed by atoms with Crippen LogP contribution in [0.25, 0.3) is 0 Å². The van der Waals surface area contributed by atoms with Gasteiger partial charge in [0.05, 0.1) is 6.04 Å². The van der Waals surface area contributed by atoms with Crippen molar-refractivity contribution in [1.82, 2.24) is 15.1 Å². The molecule has 2 unspecified atom stereocenters. The lowest BCUT2D eigenvalue weighted by Gasteiger charge is -2.36. The van der Waals surface area contributed by atoms with Crippen LogP contribution in [0.2, 0.25) is 0 Å². The Morgan fingerprint density at radius 1 is 1.36 bits per heavy atom.